The standard InChI is InChI=1S/C15H14F3N3O/c1-19-8-7-11-5-6-14(20-10-11)21-12-3-2-4-13(9-12)22-15(16,17)18/h2-10,19H,1H3,(H,20,21)/b8-7-. The Morgan fingerprint density at radius 2 is 2.00 bits per heavy atom. The van der Waals surface area contributed by atoms with Crippen LogP contribution in [0.3, 0.4) is 0 Å². The summed E-state index contributed by atoms with van der Waals surface area (Å²) in [5.74, 6) is 0.233. The first kappa shape index (κ1) is 15.7. The van der Waals surface area contributed by atoms with Gasteiger partial charge < -0.3 is 15.4 Å². The highest BCUT2D eigenvalue weighted by Gasteiger charge is 2.31. The van der Waals surface area contributed by atoms with Crippen molar-refractivity contribution >= 4 is 17.6 Å². The zero-order valence-corrected chi connectivity index (χ0v) is 11.7. The van der Waals surface area contributed by atoms with Gasteiger partial charge in [-0.05, 0) is 42.1 Å². The average Bonchev–Trinajstić information content (AvgIpc) is 2.45. The first-order valence-electron chi connectivity index (χ1n) is 6.39. The maximum Gasteiger partial charge on any atom is 0.573 e. The smallest absolute Gasteiger partial charge is 0.406 e. The molecule has 0 saturated heterocycles. The zero-order valence-electron chi connectivity index (χ0n) is 11.7. The third-order valence-electron chi connectivity index (χ3n) is 2.57. The summed E-state index contributed by atoms with van der Waals surface area (Å²) in [6.07, 6.45) is 0.543. The number of anilines is 2. The molecule has 2 N–H and O–H groups in total. The van der Waals surface area contributed by atoms with Crippen LogP contribution in [0.2, 0.25) is 0 Å². The Hall–Kier alpha value is -2.70. The fraction of sp³-hybridized carbons (Fsp3) is 0.133. The molecular weight excluding hydrogens is 295 g/mol. The van der Waals surface area contributed by atoms with Crippen LogP contribution in [0.15, 0.2) is 48.8 Å². The molecule has 0 saturated carbocycles. The van der Waals surface area contributed by atoms with Gasteiger partial charge in [-0.15, -0.1) is 13.2 Å². The molecule has 0 fully saturated rings. The van der Waals surface area contributed by atoms with E-state index in [2.05, 4.69) is 20.4 Å². The van der Waals surface area contributed by atoms with Crippen molar-refractivity contribution in [3.8, 4) is 5.75 Å². The van der Waals surface area contributed by atoms with E-state index >= 15 is 0 Å². The number of benzene rings is 1. The number of pyridine rings is 1. The van der Waals surface area contributed by atoms with Crippen LogP contribution in [0.5, 0.6) is 5.75 Å². The molecule has 0 unspecified atom stereocenters. The molecule has 0 bridgehead atoms. The summed E-state index contributed by atoms with van der Waals surface area (Å²) in [5.41, 5.74) is 1.35. The van der Waals surface area contributed by atoms with Crippen LogP contribution in [0.4, 0.5) is 24.7 Å². The van der Waals surface area contributed by atoms with Crippen LogP contribution >= 0.6 is 0 Å². The SMILES string of the molecule is CN/C=C\c1ccc(Nc2cccc(OC(F)(F)F)c2)nc1. The van der Waals surface area contributed by atoms with Crippen molar-refractivity contribution in [1.82, 2.24) is 10.3 Å². The molecule has 1 aromatic carbocycles. The molecule has 1 heterocycles. The van der Waals surface area contributed by atoms with Crippen molar-refractivity contribution in [1.29, 1.82) is 0 Å². The molecule has 22 heavy (non-hydrogen) atoms. The molecule has 2 rings (SSSR count). The first-order chi connectivity index (χ1) is 10.5. The summed E-state index contributed by atoms with van der Waals surface area (Å²) in [5, 5.41) is 5.78. The third-order valence-corrected chi connectivity index (χ3v) is 2.57. The van der Waals surface area contributed by atoms with E-state index in [9.17, 15) is 13.2 Å². The predicted molar refractivity (Wildman–Crippen MR) is 78.7 cm³/mol. The normalized spacial score (nSPS) is 11.5. The van der Waals surface area contributed by atoms with Crippen molar-refractivity contribution in [2.75, 3.05) is 12.4 Å². The summed E-state index contributed by atoms with van der Waals surface area (Å²) in [6.45, 7) is 0. The molecule has 116 valence electrons. The van der Waals surface area contributed by atoms with E-state index in [0.29, 0.717) is 11.5 Å². The minimum Gasteiger partial charge on any atom is -0.406 e. The van der Waals surface area contributed by atoms with E-state index in [4.69, 9.17) is 0 Å². The van der Waals surface area contributed by atoms with Crippen LogP contribution < -0.4 is 15.4 Å². The first-order valence-corrected chi connectivity index (χ1v) is 6.39. The van der Waals surface area contributed by atoms with Gasteiger partial charge in [-0.3, -0.25) is 0 Å². The fourth-order valence-electron chi connectivity index (χ4n) is 1.68. The second-order valence-electron chi connectivity index (χ2n) is 4.30. The molecule has 2 aromatic rings. The van der Waals surface area contributed by atoms with Gasteiger partial charge in [0.2, 0.25) is 0 Å². The van der Waals surface area contributed by atoms with Gasteiger partial charge in [0, 0.05) is 25.0 Å². The molecule has 0 aliphatic heterocycles. The Morgan fingerprint density at radius 3 is 2.64 bits per heavy atom. The zero-order chi connectivity index (χ0) is 16.0. The van der Waals surface area contributed by atoms with Crippen molar-refractivity contribution in [3.63, 3.8) is 0 Å². The van der Waals surface area contributed by atoms with Crippen molar-refractivity contribution in [2.24, 2.45) is 0 Å². The lowest BCUT2D eigenvalue weighted by Gasteiger charge is -2.11. The van der Waals surface area contributed by atoms with Gasteiger partial charge in [-0.1, -0.05) is 6.07 Å². The number of rotatable bonds is 5. The molecule has 0 aliphatic rings. The number of ether oxygens (including phenoxy) is 1. The number of nitrogens with zero attached hydrogens (tertiary/aromatic N) is 1. The van der Waals surface area contributed by atoms with Gasteiger partial charge in [-0.2, -0.15) is 0 Å². The molecule has 0 spiro atoms. The van der Waals surface area contributed by atoms with Gasteiger partial charge in [0.05, 0.1) is 0 Å². The van der Waals surface area contributed by atoms with Gasteiger partial charge in [0.15, 0.2) is 0 Å². The van der Waals surface area contributed by atoms with E-state index in [1.807, 2.05) is 12.1 Å². The third kappa shape index (κ3) is 5.01. The minimum atomic E-state index is -4.71. The van der Waals surface area contributed by atoms with Crippen LogP contribution in [-0.2, 0) is 0 Å². The Kier molecular flexibility index (Phi) is 4.88. The number of nitrogens with one attached hydrogen (secondary N) is 2. The van der Waals surface area contributed by atoms with Crippen LogP contribution in [-0.4, -0.2) is 18.4 Å². The number of halogens is 3. The summed E-state index contributed by atoms with van der Waals surface area (Å²) in [7, 11) is 1.79. The molecule has 7 heteroatoms. The van der Waals surface area contributed by atoms with Gasteiger partial charge in [0.25, 0.3) is 0 Å². The number of alkyl halides is 3. The van der Waals surface area contributed by atoms with Gasteiger partial charge >= 0.3 is 6.36 Å². The molecule has 1 aromatic heterocycles. The second-order valence-corrected chi connectivity index (χ2v) is 4.30. The summed E-state index contributed by atoms with van der Waals surface area (Å²) >= 11 is 0. The molecule has 4 nitrogen and oxygen atoms in total. The molecule has 0 amide bonds. The number of hydrogen-bond acceptors (Lipinski definition) is 4. The lowest BCUT2D eigenvalue weighted by atomic mass is 10.2. The second kappa shape index (κ2) is 6.84. The van der Waals surface area contributed by atoms with Crippen LogP contribution in [0.1, 0.15) is 5.56 Å². The van der Waals surface area contributed by atoms with Crippen molar-refractivity contribution < 1.29 is 17.9 Å². The fourth-order valence-corrected chi connectivity index (χ4v) is 1.68. The van der Waals surface area contributed by atoms with Crippen molar-refractivity contribution in [2.45, 2.75) is 6.36 Å². The van der Waals surface area contributed by atoms with Gasteiger partial charge in [-0.25, -0.2) is 4.98 Å². The van der Waals surface area contributed by atoms with E-state index < -0.39 is 6.36 Å². The Bertz CT molecular complexity index is 639. The Morgan fingerprint density at radius 1 is 1.18 bits per heavy atom. The number of hydrogen-bond donors (Lipinski definition) is 2. The predicted octanol–water partition coefficient (Wildman–Crippen LogP) is 3.91. The molecule has 0 atom stereocenters. The molecule has 0 radical (unpaired) electrons. The summed E-state index contributed by atoms with van der Waals surface area (Å²) < 4.78 is 40.4. The Balaban J connectivity index is 2.07. The largest absolute Gasteiger partial charge is 0.573 e. The molecular formula is C15H14F3N3O. The quantitative estimate of drug-likeness (QED) is 0.879. The highest BCUT2D eigenvalue weighted by atomic mass is 19.4. The lowest BCUT2D eigenvalue weighted by molar-refractivity contribution is -0.274. The van der Waals surface area contributed by atoms with E-state index in [-0.39, 0.29) is 5.75 Å². The molecule has 0 aliphatic carbocycles. The van der Waals surface area contributed by atoms with Crippen molar-refractivity contribution in [3.05, 3.63) is 54.4 Å². The van der Waals surface area contributed by atoms with E-state index in [1.165, 1.54) is 18.2 Å². The monoisotopic (exact) mass is 309 g/mol. The summed E-state index contributed by atoms with van der Waals surface area (Å²) in [4.78, 5) is 4.18. The van der Waals surface area contributed by atoms with E-state index in [1.54, 1.807) is 31.6 Å². The highest BCUT2D eigenvalue weighted by Crippen LogP contribution is 2.26. The van der Waals surface area contributed by atoms with E-state index in [0.717, 1.165) is 5.56 Å². The topological polar surface area (TPSA) is 46.2 Å². The van der Waals surface area contributed by atoms with Crippen LogP contribution in [0, 0.1) is 0 Å². The average molecular weight is 309 g/mol. The lowest BCUT2D eigenvalue weighted by Crippen LogP contribution is -2.17. The maximum atomic E-state index is 12.2. The minimum absolute atomic E-state index is 0.286. The van der Waals surface area contributed by atoms with Crippen LogP contribution in [0.25, 0.3) is 6.08 Å². The summed E-state index contributed by atoms with van der Waals surface area (Å²) in [6, 6.07) is 9.14. The Labute approximate surface area is 125 Å². The van der Waals surface area contributed by atoms with Gasteiger partial charge in [0.1, 0.15) is 11.6 Å². The maximum absolute atomic E-state index is 12.2. The highest BCUT2D eigenvalue weighted by molar-refractivity contribution is 5.59. The number of aromatic nitrogens is 1.